The number of anilines is 1. The van der Waals surface area contributed by atoms with Crippen LogP contribution in [0.5, 0.6) is 5.75 Å². The van der Waals surface area contributed by atoms with Crippen LogP contribution in [0.4, 0.5) is 5.69 Å². The number of benzene rings is 1. The first-order chi connectivity index (χ1) is 10.0. The van der Waals surface area contributed by atoms with Crippen LogP contribution >= 0.6 is 11.6 Å². The molecule has 0 radical (unpaired) electrons. The van der Waals surface area contributed by atoms with E-state index in [-0.39, 0.29) is 11.7 Å². The maximum absolute atomic E-state index is 12.2. The summed E-state index contributed by atoms with van der Waals surface area (Å²) in [4.78, 5) is 16.3. The Labute approximate surface area is 127 Å². The van der Waals surface area contributed by atoms with Crippen molar-refractivity contribution in [3.63, 3.8) is 0 Å². The molecule has 2 rings (SSSR count). The van der Waals surface area contributed by atoms with Gasteiger partial charge in [-0.3, -0.25) is 9.89 Å². The van der Waals surface area contributed by atoms with Gasteiger partial charge in [0.15, 0.2) is 0 Å². The summed E-state index contributed by atoms with van der Waals surface area (Å²) < 4.78 is 5.45. The van der Waals surface area contributed by atoms with E-state index in [0.717, 1.165) is 0 Å². The van der Waals surface area contributed by atoms with Crippen LogP contribution in [0, 0.1) is 0 Å². The van der Waals surface area contributed by atoms with E-state index >= 15 is 0 Å². The second-order valence-corrected chi connectivity index (χ2v) is 5.16. The van der Waals surface area contributed by atoms with Gasteiger partial charge in [0, 0.05) is 10.9 Å². The first-order valence-electron chi connectivity index (χ1n) is 6.67. The van der Waals surface area contributed by atoms with Gasteiger partial charge in [-0.25, -0.2) is 4.98 Å². The lowest BCUT2D eigenvalue weighted by Gasteiger charge is -2.10. The van der Waals surface area contributed by atoms with E-state index in [1.807, 2.05) is 20.8 Å². The van der Waals surface area contributed by atoms with Crippen molar-refractivity contribution in [2.75, 3.05) is 11.9 Å². The molecule has 0 fully saturated rings. The summed E-state index contributed by atoms with van der Waals surface area (Å²) in [7, 11) is 0. The van der Waals surface area contributed by atoms with Crippen LogP contribution in [-0.4, -0.2) is 27.7 Å². The molecular weight excluding hydrogens is 292 g/mol. The van der Waals surface area contributed by atoms with E-state index in [1.165, 1.54) is 0 Å². The van der Waals surface area contributed by atoms with Gasteiger partial charge < -0.3 is 10.1 Å². The van der Waals surface area contributed by atoms with E-state index in [1.54, 1.807) is 18.2 Å². The second kappa shape index (κ2) is 6.58. The Morgan fingerprint density at radius 3 is 2.86 bits per heavy atom. The first-order valence-corrected chi connectivity index (χ1v) is 7.05. The molecule has 1 aromatic carbocycles. The van der Waals surface area contributed by atoms with Crippen molar-refractivity contribution in [3.8, 4) is 5.75 Å². The third-order valence-corrected chi connectivity index (χ3v) is 2.98. The summed E-state index contributed by atoms with van der Waals surface area (Å²) >= 11 is 5.95. The van der Waals surface area contributed by atoms with Gasteiger partial charge in [0.2, 0.25) is 5.82 Å². The number of amides is 1. The number of hydrogen-bond donors (Lipinski definition) is 2. The third kappa shape index (κ3) is 3.72. The summed E-state index contributed by atoms with van der Waals surface area (Å²) in [6.45, 7) is 6.28. The highest BCUT2D eigenvalue weighted by atomic mass is 35.5. The fourth-order valence-corrected chi connectivity index (χ4v) is 1.87. The van der Waals surface area contributed by atoms with E-state index in [9.17, 15) is 4.79 Å². The van der Waals surface area contributed by atoms with Gasteiger partial charge in [0.1, 0.15) is 11.6 Å². The Balaban J connectivity index is 2.20. The van der Waals surface area contributed by atoms with Gasteiger partial charge in [-0.2, -0.15) is 0 Å². The number of nitrogens with one attached hydrogen (secondary N) is 2. The fraction of sp³-hybridized carbons (Fsp3) is 0.357. The molecule has 0 saturated carbocycles. The van der Waals surface area contributed by atoms with Crippen molar-refractivity contribution < 1.29 is 9.53 Å². The second-order valence-electron chi connectivity index (χ2n) is 4.73. The Hall–Kier alpha value is -2.08. The van der Waals surface area contributed by atoms with Gasteiger partial charge in [-0.15, -0.1) is 5.10 Å². The Bertz CT molecular complexity index is 640. The molecule has 0 aliphatic heterocycles. The zero-order chi connectivity index (χ0) is 15.4. The summed E-state index contributed by atoms with van der Waals surface area (Å²) in [5, 5.41) is 9.87. The first kappa shape index (κ1) is 15.3. The van der Waals surface area contributed by atoms with Crippen LogP contribution in [0.25, 0.3) is 0 Å². The zero-order valence-corrected chi connectivity index (χ0v) is 12.9. The molecular formula is C14H17ClN4O2. The predicted molar refractivity (Wildman–Crippen MR) is 81.0 cm³/mol. The van der Waals surface area contributed by atoms with Crippen LogP contribution in [0.1, 0.15) is 43.1 Å². The number of aromatic amines is 1. The molecule has 0 aliphatic carbocycles. The molecule has 6 nitrogen and oxygen atoms in total. The Morgan fingerprint density at radius 2 is 2.24 bits per heavy atom. The average molecular weight is 309 g/mol. The van der Waals surface area contributed by atoms with Crippen LogP contribution in [0.15, 0.2) is 18.2 Å². The minimum atomic E-state index is -0.415. The monoisotopic (exact) mass is 308 g/mol. The molecule has 0 atom stereocenters. The van der Waals surface area contributed by atoms with E-state index < -0.39 is 5.91 Å². The summed E-state index contributed by atoms with van der Waals surface area (Å²) in [6.07, 6.45) is 0. The van der Waals surface area contributed by atoms with Gasteiger partial charge in [0.25, 0.3) is 5.91 Å². The molecule has 2 N–H and O–H groups in total. The Morgan fingerprint density at radius 1 is 1.48 bits per heavy atom. The quantitative estimate of drug-likeness (QED) is 0.888. The van der Waals surface area contributed by atoms with Gasteiger partial charge in [0.05, 0.1) is 12.3 Å². The summed E-state index contributed by atoms with van der Waals surface area (Å²) in [5.74, 6) is 1.05. The van der Waals surface area contributed by atoms with Crippen molar-refractivity contribution in [2.45, 2.75) is 26.7 Å². The minimum Gasteiger partial charge on any atom is -0.492 e. The molecule has 0 saturated heterocycles. The standard InChI is InChI=1S/C14H17ClN4O2/c1-4-21-11-6-5-9(15)7-10(11)16-14(20)13-17-12(8(2)3)18-19-13/h5-8H,4H2,1-3H3,(H,16,20)(H,17,18,19). The number of carbonyl (C=O) groups is 1. The maximum atomic E-state index is 12.2. The van der Waals surface area contributed by atoms with Crippen molar-refractivity contribution in [2.24, 2.45) is 0 Å². The Kier molecular flexibility index (Phi) is 4.80. The number of carbonyl (C=O) groups excluding carboxylic acids is 1. The number of rotatable bonds is 5. The lowest BCUT2D eigenvalue weighted by atomic mass is 10.2. The number of aromatic nitrogens is 3. The zero-order valence-electron chi connectivity index (χ0n) is 12.1. The predicted octanol–water partition coefficient (Wildman–Crippen LogP) is 3.23. The number of nitrogens with zero attached hydrogens (tertiary/aromatic N) is 2. The molecule has 21 heavy (non-hydrogen) atoms. The lowest BCUT2D eigenvalue weighted by Crippen LogP contribution is -2.15. The van der Waals surface area contributed by atoms with Crippen LogP contribution in [0.2, 0.25) is 5.02 Å². The third-order valence-electron chi connectivity index (χ3n) is 2.74. The highest BCUT2D eigenvalue weighted by Gasteiger charge is 2.16. The molecule has 0 unspecified atom stereocenters. The number of halogens is 1. The molecule has 1 amide bonds. The SMILES string of the molecule is CCOc1ccc(Cl)cc1NC(=O)c1n[nH]c(C(C)C)n1. The van der Waals surface area contributed by atoms with Crippen LogP contribution in [-0.2, 0) is 0 Å². The highest BCUT2D eigenvalue weighted by Crippen LogP contribution is 2.28. The lowest BCUT2D eigenvalue weighted by molar-refractivity contribution is 0.101. The molecule has 1 heterocycles. The van der Waals surface area contributed by atoms with E-state index in [4.69, 9.17) is 16.3 Å². The minimum absolute atomic E-state index is 0.0844. The van der Waals surface area contributed by atoms with Crippen molar-refractivity contribution >= 4 is 23.2 Å². The topological polar surface area (TPSA) is 79.9 Å². The summed E-state index contributed by atoms with van der Waals surface area (Å²) in [6, 6.07) is 5.03. The summed E-state index contributed by atoms with van der Waals surface area (Å²) in [5.41, 5.74) is 0.491. The number of H-pyrrole nitrogens is 1. The molecule has 7 heteroatoms. The van der Waals surface area contributed by atoms with Crippen LogP contribution in [0.3, 0.4) is 0 Å². The fourth-order valence-electron chi connectivity index (χ4n) is 1.69. The highest BCUT2D eigenvalue weighted by molar-refractivity contribution is 6.31. The normalized spacial score (nSPS) is 10.7. The van der Waals surface area contributed by atoms with E-state index in [2.05, 4.69) is 20.5 Å². The molecule has 0 spiro atoms. The van der Waals surface area contributed by atoms with Gasteiger partial charge in [-0.1, -0.05) is 25.4 Å². The van der Waals surface area contributed by atoms with Crippen molar-refractivity contribution in [3.05, 3.63) is 34.9 Å². The largest absolute Gasteiger partial charge is 0.492 e. The van der Waals surface area contributed by atoms with Gasteiger partial charge in [-0.05, 0) is 25.1 Å². The van der Waals surface area contributed by atoms with E-state index in [0.29, 0.717) is 28.9 Å². The molecule has 0 aliphatic rings. The smallest absolute Gasteiger partial charge is 0.295 e. The maximum Gasteiger partial charge on any atom is 0.295 e. The molecule has 2 aromatic rings. The molecule has 1 aromatic heterocycles. The van der Waals surface area contributed by atoms with Crippen molar-refractivity contribution in [1.29, 1.82) is 0 Å². The van der Waals surface area contributed by atoms with Crippen LogP contribution < -0.4 is 10.1 Å². The molecule has 112 valence electrons. The number of ether oxygens (including phenoxy) is 1. The average Bonchev–Trinajstić information content (AvgIpc) is 2.92. The van der Waals surface area contributed by atoms with Gasteiger partial charge >= 0.3 is 0 Å². The van der Waals surface area contributed by atoms with Crippen molar-refractivity contribution in [1.82, 2.24) is 15.2 Å². The number of hydrogen-bond acceptors (Lipinski definition) is 4. The molecule has 0 bridgehead atoms.